The van der Waals surface area contributed by atoms with E-state index in [0.29, 0.717) is 16.6 Å². The van der Waals surface area contributed by atoms with Crippen LogP contribution >= 0.6 is 22.7 Å². The second-order valence-corrected chi connectivity index (χ2v) is 8.14. The summed E-state index contributed by atoms with van der Waals surface area (Å²) in [5.41, 5.74) is 3.84. The Labute approximate surface area is 176 Å². The van der Waals surface area contributed by atoms with E-state index in [1.807, 2.05) is 65.0 Å². The van der Waals surface area contributed by atoms with Crippen LogP contribution in [0.25, 0.3) is 11.3 Å². The number of rotatable bonds is 7. The van der Waals surface area contributed by atoms with Crippen molar-refractivity contribution in [1.29, 1.82) is 0 Å². The largest absolute Gasteiger partial charge is 0.489 e. The number of nitrogens with zero attached hydrogens (tertiary/aromatic N) is 3. The third-order valence-electron chi connectivity index (χ3n) is 4.43. The van der Waals surface area contributed by atoms with Crippen molar-refractivity contribution in [3.63, 3.8) is 0 Å². The maximum atomic E-state index is 12.6. The van der Waals surface area contributed by atoms with E-state index >= 15 is 0 Å². The van der Waals surface area contributed by atoms with Crippen LogP contribution in [-0.2, 0) is 13.2 Å². The minimum atomic E-state index is -0.164. The van der Waals surface area contributed by atoms with Gasteiger partial charge in [0.15, 0.2) is 5.13 Å². The number of amides is 1. The Bertz CT molecular complexity index is 1110. The van der Waals surface area contributed by atoms with Gasteiger partial charge in [-0.1, -0.05) is 18.2 Å². The van der Waals surface area contributed by atoms with Crippen LogP contribution in [0.5, 0.6) is 5.75 Å². The normalized spacial score (nSPS) is 10.8. The fraction of sp³-hybridized carbons (Fsp3) is 0.190. The quantitative estimate of drug-likeness (QED) is 0.441. The maximum absolute atomic E-state index is 12.6. The number of carbonyl (C=O) groups is 1. The number of aromatic nitrogens is 3. The van der Waals surface area contributed by atoms with Gasteiger partial charge in [0.05, 0.1) is 16.8 Å². The first-order valence-electron chi connectivity index (χ1n) is 9.19. The Morgan fingerprint density at radius 3 is 2.79 bits per heavy atom. The highest BCUT2D eigenvalue weighted by molar-refractivity contribution is 7.14. The van der Waals surface area contributed by atoms with Crippen LogP contribution < -0.4 is 10.1 Å². The van der Waals surface area contributed by atoms with E-state index in [1.54, 1.807) is 0 Å². The monoisotopic (exact) mass is 424 g/mol. The summed E-state index contributed by atoms with van der Waals surface area (Å²) in [7, 11) is 0. The predicted molar refractivity (Wildman–Crippen MR) is 117 cm³/mol. The molecule has 29 heavy (non-hydrogen) atoms. The van der Waals surface area contributed by atoms with Crippen LogP contribution in [0.4, 0.5) is 5.13 Å². The van der Waals surface area contributed by atoms with E-state index in [2.05, 4.69) is 22.3 Å². The molecule has 3 aromatic heterocycles. The number of ether oxygens (including phenoxy) is 1. The number of aryl methyl sites for hydroxylation is 1. The zero-order chi connectivity index (χ0) is 20.2. The van der Waals surface area contributed by atoms with E-state index in [9.17, 15) is 4.79 Å². The van der Waals surface area contributed by atoms with Gasteiger partial charge >= 0.3 is 0 Å². The van der Waals surface area contributed by atoms with Gasteiger partial charge in [-0.25, -0.2) is 4.98 Å². The molecule has 0 atom stereocenters. The number of para-hydroxylation sites is 1. The molecule has 0 aliphatic rings. The number of nitrogens with one attached hydrogen (secondary N) is 1. The lowest BCUT2D eigenvalue weighted by molar-refractivity contribution is 0.103. The molecule has 6 nitrogen and oxygen atoms in total. The second-order valence-electron chi connectivity index (χ2n) is 6.37. The molecule has 3 heterocycles. The summed E-state index contributed by atoms with van der Waals surface area (Å²) >= 11 is 2.80. The maximum Gasteiger partial charge on any atom is 0.267 e. The third kappa shape index (κ3) is 4.38. The van der Waals surface area contributed by atoms with Gasteiger partial charge in [-0.15, -0.1) is 22.7 Å². The molecule has 0 bridgehead atoms. The minimum absolute atomic E-state index is 0.164. The summed E-state index contributed by atoms with van der Waals surface area (Å²) in [5, 5.41) is 11.7. The van der Waals surface area contributed by atoms with E-state index in [1.165, 1.54) is 22.7 Å². The molecular weight excluding hydrogens is 404 g/mol. The topological polar surface area (TPSA) is 69.0 Å². The SMILES string of the molecule is CCn1ncc(-c2csc(NC(=O)c3cc(COc4ccccc4)cs3)n2)c1C. The number of anilines is 1. The highest BCUT2D eigenvalue weighted by Crippen LogP contribution is 2.28. The molecular formula is C21H20N4O2S2. The van der Waals surface area contributed by atoms with Gasteiger partial charge in [-0.2, -0.15) is 5.10 Å². The summed E-state index contributed by atoms with van der Waals surface area (Å²) in [6, 6.07) is 11.5. The molecule has 8 heteroatoms. The molecule has 4 aromatic rings. The van der Waals surface area contributed by atoms with Gasteiger partial charge in [0.2, 0.25) is 0 Å². The van der Waals surface area contributed by atoms with Gasteiger partial charge in [-0.05, 0) is 37.4 Å². The lowest BCUT2D eigenvalue weighted by Crippen LogP contribution is -2.09. The first kappa shape index (κ1) is 19.4. The molecule has 148 valence electrons. The number of carbonyl (C=O) groups excluding carboxylic acids is 1. The molecule has 4 rings (SSSR count). The lowest BCUT2D eigenvalue weighted by Gasteiger charge is -2.03. The van der Waals surface area contributed by atoms with Crippen molar-refractivity contribution in [3.05, 3.63) is 69.5 Å². The van der Waals surface area contributed by atoms with Gasteiger partial charge < -0.3 is 4.74 Å². The molecule has 0 fully saturated rings. The van der Waals surface area contributed by atoms with Crippen molar-refractivity contribution >= 4 is 33.7 Å². The fourth-order valence-corrected chi connectivity index (χ4v) is 4.38. The van der Waals surface area contributed by atoms with Crippen molar-refractivity contribution in [2.75, 3.05) is 5.32 Å². The summed E-state index contributed by atoms with van der Waals surface area (Å²) in [5.74, 6) is 0.643. The molecule has 0 aliphatic carbocycles. The zero-order valence-corrected chi connectivity index (χ0v) is 17.7. The first-order valence-corrected chi connectivity index (χ1v) is 10.9. The highest BCUT2D eigenvalue weighted by atomic mass is 32.1. The van der Waals surface area contributed by atoms with Crippen LogP contribution in [0, 0.1) is 6.92 Å². The Balaban J connectivity index is 1.39. The van der Waals surface area contributed by atoms with Crippen molar-refractivity contribution in [2.24, 2.45) is 0 Å². The van der Waals surface area contributed by atoms with Crippen LogP contribution in [0.1, 0.15) is 27.9 Å². The minimum Gasteiger partial charge on any atom is -0.489 e. The average Bonchev–Trinajstić information content (AvgIpc) is 3.47. The Kier molecular flexibility index (Phi) is 5.73. The molecule has 0 aliphatic heterocycles. The number of hydrogen-bond acceptors (Lipinski definition) is 6. The van der Waals surface area contributed by atoms with E-state index in [0.717, 1.165) is 34.8 Å². The second kappa shape index (κ2) is 8.59. The predicted octanol–water partition coefficient (Wildman–Crippen LogP) is 5.23. The Morgan fingerprint density at radius 1 is 1.21 bits per heavy atom. The van der Waals surface area contributed by atoms with Gasteiger partial charge in [-0.3, -0.25) is 14.8 Å². The molecule has 1 N–H and O–H groups in total. The molecule has 0 radical (unpaired) electrons. The average molecular weight is 425 g/mol. The highest BCUT2D eigenvalue weighted by Gasteiger charge is 2.15. The smallest absolute Gasteiger partial charge is 0.267 e. The molecule has 0 spiro atoms. The van der Waals surface area contributed by atoms with Crippen molar-refractivity contribution in [3.8, 4) is 17.0 Å². The molecule has 0 saturated heterocycles. The van der Waals surface area contributed by atoms with Gasteiger partial charge in [0.1, 0.15) is 12.4 Å². The number of hydrogen-bond donors (Lipinski definition) is 1. The van der Waals surface area contributed by atoms with E-state index < -0.39 is 0 Å². The van der Waals surface area contributed by atoms with E-state index in [4.69, 9.17) is 4.74 Å². The summed E-state index contributed by atoms with van der Waals surface area (Å²) in [6.07, 6.45) is 1.82. The van der Waals surface area contributed by atoms with Crippen molar-refractivity contribution < 1.29 is 9.53 Å². The summed E-state index contributed by atoms with van der Waals surface area (Å²) in [6.45, 7) is 5.31. The van der Waals surface area contributed by atoms with Crippen molar-refractivity contribution in [2.45, 2.75) is 27.0 Å². The van der Waals surface area contributed by atoms with Crippen molar-refractivity contribution in [1.82, 2.24) is 14.8 Å². The number of thiophene rings is 1. The number of benzene rings is 1. The molecule has 1 aromatic carbocycles. The fourth-order valence-electron chi connectivity index (χ4n) is 2.88. The van der Waals surface area contributed by atoms with Crippen LogP contribution in [0.15, 0.2) is 53.4 Å². The van der Waals surface area contributed by atoms with Crippen LogP contribution in [-0.4, -0.2) is 20.7 Å². The Morgan fingerprint density at radius 2 is 2.03 bits per heavy atom. The van der Waals surface area contributed by atoms with Crippen LogP contribution in [0.2, 0.25) is 0 Å². The van der Waals surface area contributed by atoms with Gasteiger partial charge in [0.25, 0.3) is 5.91 Å². The van der Waals surface area contributed by atoms with Gasteiger partial charge in [0, 0.05) is 28.7 Å². The van der Waals surface area contributed by atoms with Crippen LogP contribution in [0.3, 0.4) is 0 Å². The first-order chi connectivity index (χ1) is 14.1. The molecule has 1 amide bonds. The number of thiazole rings is 1. The Hall–Kier alpha value is -2.97. The molecule has 0 unspecified atom stereocenters. The molecule has 0 saturated carbocycles. The van der Waals surface area contributed by atoms with E-state index in [-0.39, 0.29) is 5.91 Å². The third-order valence-corrected chi connectivity index (χ3v) is 6.17. The summed E-state index contributed by atoms with van der Waals surface area (Å²) in [4.78, 5) is 17.8. The zero-order valence-electron chi connectivity index (χ0n) is 16.1. The summed E-state index contributed by atoms with van der Waals surface area (Å²) < 4.78 is 7.66. The standard InChI is InChI=1S/C21H20N4O2S2/c1-3-25-14(2)17(10-22-25)18-13-29-21(23-18)24-20(26)19-9-15(12-28-19)11-27-16-7-5-4-6-8-16/h4-10,12-13H,3,11H2,1-2H3,(H,23,24,26). The lowest BCUT2D eigenvalue weighted by atomic mass is 10.2.